The van der Waals surface area contributed by atoms with Gasteiger partial charge in [0.2, 0.25) is 17.7 Å². The molecule has 0 aliphatic heterocycles. The third-order valence-electron chi connectivity index (χ3n) is 3.76. The van der Waals surface area contributed by atoms with E-state index in [1.807, 2.05) is 32.7 Å². The number of hydrogen-bond acceptors (Lipinski definition) is 4. The Kier molecular flexibility index (Phi) is 8.70. The quantitative estimate of drug-likeness (QED) is 0.618. The van der Waals surface area contributed by atoms with Crippen molar-refractivity contribution in [2.24, 2.45) is 0 Å². The summed E-state index contributed by atoms with van der Waals surface area (Å²) in [7, 11) is 6.73. The van der Waals surface area contributed by atoms with Crippen LogP contribution in [0.5, 0.6) is 0 Å². The molecule has 0 aromatic rings. The van der Waals surface area contributed by atoms with Gasteiger partial charge in [0.25, 0.3) is 0 Å². The molecule has 0 unspecified atom stereocenters. The normalized spacial score (nSPS) is 10.8. The molecule has 0 heterocycles. The number of carbonyl (C=O) groups excluding carboxylic acids is 3. The minimum Gasteiger partial charge on any atom is -0.345 e. The summed E-state index contributed by atoms with van der Waals surface area (Å²) in [5, 5.41) is 0. The van der Waals surface area contributed by atoms with E-state index in [-0.39, 0.29) is 43.4 Å². The smallest absolute Gasteiger partial charge is 0.242 e. The number of likely N-dealkylation sites (N-methyl/N-ethyl adjacent to an activating group) is 4. The van der Waals surface area contributed by atoms with Gasteiger partial charge in [-0.1, -0.05) is 0 Å². The van der Waals surface area contributed by atoms with Crippen molar-refractivity contribution in [2.45, 2.75) is 26.8 Å². The molecule has 128 valence electrons. The molecule has 3 amide bonds. The van der Waals surface area contributed by atoms with Crippen molar-refractivity contribution in [1.29, 1.82) is 0 Å². The molecule has 0 N–H and O–H groups in total. The Morgan fingerprint density at radius 3 is 1.45 bits per heavy atom. The zero-order chi connectivity index (χ0) is 17.4. The van der Waals surface area contributed by atoms with E-state index in [1.165, 1.54) is 9.80 Å². The summed E-state index contributed by atoms with van der Waals surface area (Å²) in [5.74, 6) is -0.484. The molecule has 0 aromatic carbocycles. The van der Waals surface area contributed by atoms with Crippen LogP contribution >= 0.6 is 0 Å². The van der Waals surface area contributed by atoms with Crippen molar-refractivity contribution >= 4 is 17.7 Å². The molecule has 0 rings (SSSR count). The Bertz CT molecular complexity index is 398. The van der Waals surface area contributed by atoms with Gasteiger partial charge in [0, 0.05) is 33.7 Å². The lowest BCUT2D eigenvalue weighted by atomic mass is 10.3. The summed E-state index contributed by atoms with van der Waals surface area (Å²) in [6, 6.07) is 0.262. The largest absolute Gasteiger partial charge is 0.345 e. The number of carbonyl (C=O) groups is 3. The van der Waals surface area contributed by atoms with Crippen LogP contribution in [0.1, 0.15) is 20.8 Å². The Morgan fingerprint density at radius 1 is 0.727 bits per heavy atom. The van der Waals surface area contributed by atoms with Gasteiger partial charge < -0.3 is 14.7 Å². The standard InChI is InChI=1S/C15H30N4O3/c1-8-16(4)13(20)10-18(6)15(22)11-19(7)14(21)9-17(5)12(2)3/h12H,8-11H2,1-7H3. The van der Waals surface area contributed by atoms with E-state index in [1.54, 1.807) is 26.0 Å². The van der Waals surface area contributed by atoms with Crippen LogP contribution in [-0.2, 0) is 14.4 Å². The fraction of sp³-hybridized carbons (Fsp3) is 0.800. The molecule has 0 bridgehead atoms. The molecule has 0 aliphatic carbocycles. The highest BCUT2D eigenvalue weighted by atomic mass is 16.2. The van der Waals surface area contributed by atoms with Gasteiger partial charge >= 0.3 is 0 Å². The Labute approximate surface area is 133 Å². The van der Waals surface area contributed by atoms with Crippen LogP contribution in [0.15, 0.2) is 0 Å². The molecule has 0 radical (unpaired) electrons. The third kappa shape index (κ3) is 6.89. The molecule has 0 aliphatic rings. The van der Waals surface area contributed by atoms with Gasteiger partial charge in [0.1, 0.15) is 0 Å². The molecule has 0 saturated carbocycles. The molecule has 22 heavy (non-hydrogen) atoms. The summed E-state index contributed by atoms with van der Waals surface area (Å²) in [6.45, 7) is 6.74. The van der Waals surface area contributed by atoms with Crippen LogP contribution in [0.2, 0.25) is 0 Å². The van der Waals surface area contributed by atoms with Crippen LogP contribution in [0.3, 0.4) is 0 Å². The first kappa shape index (κ1) is 20.4. The Hall–Kier alpha value is -1.63. The molecule has 0 saturated heterocycles. The molecule has 0 aromatic heterocycles. The van der Waals surface area contributed by atoms with Crippen LogP contribution in [-0.4, -0.2) is 97.7 Å². The van der Waals surface area contributed by atoms with Crippen molar-refractivity contribution in [2.75, 3.05) is 54.4 Å². The van der Waals surface area contributed by atoms with E-state index in [4.69, 9.17) is 0 Å². The zero-order valence-electron chi connectivity index (χ0n) is 14.9. The first-order chi connectivity index (χ1) is 10.1. The van der Waals surface area contributed by atoms with E-state index < -0.39 is 0 Å². The summed E-state index contributed by atoms with van der Waals surface area (Å²) < 4.78 is 0. The summed E-state index contributed by atoms with van der Waals surface area (Å²) in [6.07, 6.45) is 0. The van der Waals surface area contributed by atoms with Gasteiger partial charge in [-0.2, -0.15) is 0 Å². The minimum atomic E-state index is -0.249. The van der Waals surface area contributed by atoms with Crippen molar-refractivity contribution in [3.05, 3.63) is 0 Å². The van der Waals surface area contributed by atoms with Gasteiger partial charge in [0.05, 0.1) is 19.6 Å². The first-order valence-corrected chi connectivity index (χ1v) is 7.52. The predicted octanol–water partition coefficient (Wildman–Crippen LogP) is -0.278. The summed E-state index contributed by atoms with van der Waals surface area (Å²) in [4.78, 5) is 42.1. The molecule has 0 fully saturated rings. The van der Waals surface area contributed by atoms with Gasteiger partial charge in [0.15, 0.2) is 0 Å². The first-order valence-electron chi connectivity index (χ1n) is 7.52. The van der Waals surface area contributed by atoms with Crippen LogP contribution in [0.4, 0.5) is 0 Å². The van der Waals surface area contributed by atoms with Crippen LogP contribution in [0, 0.1) is 0 Å². The Morgan fingerprint density at radius 2 is 1.09 bits per heavy atom. The monoisotopic (exact) mass is 314 g/mol. The highest BCUT2D eigenvalue weighted by Gasteiger charge is 2.20. The second-order valence-corrected chi connectivity index (χ2v) is 5.92. The van der Waals surface area contributed by atoms with Gasteiger partial charge in [-0.25, -0.2) is 0 Å². The molecule has 0 spiro atoms. The maximum Gasteiger partial charge on any atom is 0.242 e. The highest BCUT2D eigenvalue weighted by Crippen LogP contribution is 1.97. The summed E-state index contributed by atoms with van der Waals surface area (Å²) in [5.41, 5.74) is 0. The van der Waals surface area contributed by atoms with E-state index in [0.717, 1.165) is 0 Å². The second-order valence-electron chi connectivity index (χ2n) is 5.92. The zero-order valence-corrected chi connectivity index (χ0v) is 14.9. The lowest BCUT2D eigenvalue weighted by Gasteiger charge is -2.26. The summed E-state index contributed by atoms with van der Waals surface area (Å²) >= 11 is 0. The van der Waals surface area contributed by atoms with E-state index in [9.17, 15) is 14.4 Å². The highest BCUT2D eigenvalue weighted by molar-refractivity contribution is 5.88. The lowest BCUT2D eigenvalue weighted by molar-refractivity contribution is -0.142. The van der Waals surface area contributed by atoms with Gasteiger partial charge in [-0.15, -0.1) is 0 Å². The van der Waals surface area contributed by atoms with Crippen LogP contribution in [0.25, 0.3) is 0 Å². The van der Waals surface area contributed by atoms with Crippen LogP contribution < -0.4 is 0 Å². The number of hydrogen-bond donors (Lipinski definition) is 0. The maximum atomic E-state index is 12.1. The average molecular weight is 314 g/mol. The van der Waals surface area contributed by atoms with E-state index >= 15 is 0 Å². The Balaban J connectivity index is 4.39. The van der Waals surface area contributed by atoms with Gasteiger partial charge in [-0.05, 0) is 27.8 Å². The SMILES string of the molecule is CCN(C)C(=O)CN(C)C(=O)CN(C)C(=O)CN(C)C(C)C. The average Bonchev–Trinajstić information content (AvgIpc) is 2.45. The molecule has 7 nitrogen and oxygen atoms in total. The number of nitrogens with zero attached hydrogens (tertiary/aromatic N) is 4. The molecule has 0 atom stereocenters. The molecular weight excluding hydrogens is 284 g/mol. The predicted molar refractivity (Wildman–Crippen MR) is 86.4 cm³/mol. The minimum absolute atomic E-state index is 0.0234. The van der Waals surface area contributed by atoms with Crippen molar-refractivity contribution in [1.82, 2.24) is 19.6 Å². The molecular formula is C15H30N4O3. The fourth-order valence-corrected chi connectivity index (χ4v) is 1.52. The fourth-order valence-electron chi connectivity index (χ4n) is 1.52. The van der Waals surface area contributed by atoms with Crippen molar-refractivity contribution < 1.29 is 14.4 Å². The maximum absolute atomic E-state index is 12.1. The number of rotatable bonds is 8. The second kappa shape index (κ2) is 9.40. The van der Waals surface area contributed by atoms with E-state index in [0.29, 0.717) is 6.54 Å². The topological polar surface area (TPSA) is 64.2 Å². The third-order valence-corrected chi connectivity index (χ3v) is 3.76. The molecule has 7 heteroatoms. The van der Waals surface area contributed by atoms with Gasteiger partial charge in [-0.3, -0.25) is 19.3 Å². The van der Waals surface area contributed by atoms with Crippen molar-refractivity contribution in [3.8, 4) is 0 Å². The van der Waals surface area contributed by atoms with E-state index in [2.05, 4.69) is 0 Å². The lowest BCUT2D eigenvalue weighted by Crippen LogP contribution is -2.46. The number of amides is 3. The van der Waals surface area contributed by atoms with Crippen molar-refractivity contribution in [3.63, 3.8) is 0 Å².